The molecule has 2 aromatic rings. The monoisotopic (exact) mass is 527 g/mol. The van der Waals surface area contributed by atoms with Gasteiger partial charge in [0.1, 0.15) is 5.75 Å². The van der Waals surface area contributed by atoms with Crippen LogP contribution in [0, 0.1) is 31.1 Å². The lowest BCUT2D eigenvalue weighted by atomic mass is 9.71. The topological polar surface area (TPSA) is 45.8 Å². The van der Waals surface area contributed by atoms with Gasteiger partial charge in [-0.05, 0) is 100 Å². The summed E-state index contributed by atoms with van der Waals surface area (Å²) < 4.78 is 11.1. The summed E-state index contributed by atoms with van der Waals surface area (Å²) in [4.78, 5) is 2.76. The van der Waals surface area contributed by atoms with E-state index in [1.54, 1.807) is 7.11 Å². The predicted molar refractivity (Wildman–Crippen MR) is 163 cm³/mol. The number of likely N-dealkylation sites (tertiary alicyclic amines) is 1. The third-order valence-corrected chi connectivity index (χ3v) is 8.90. The summed E-state index contributed by atoms with van der Waals surface area (Å²) in [6, 6.07) is 14.0. The van der Waals surface area contributed by atoms with E-state index in [4.69, 9.17) is 9.47 Å². The Hall–Kier alpha value is -2.94. The highest BCUT2D eigenvalue weighted by Gasteiger charge is 2.46. The zero-order chi connectivity index (χ0) is 27.2. The summed E-state index contributed by atoms with van der Waals surface area (Å²) in [6.45, 7) is 11.4. The van der Waals surface area contributed by atoms with E-state index < -0.39 is 0 Å². The van der Waals surface area contributed by atoms with E-state index in [-0.39, 0.29) is 0 Å². The number of nitrogens with one attached hydrogen (secondary N) is 2. The van der Waals surface area contributed by atoms with Gasteiger partial charge in [-0.2, -0.15) is 0 Å². The highest BCUT2D eigenvalue weighted by Crippen LogP contribution is 2.43. The third-order valence-electron chi connectivity index (χ3n) is 8.90. The maximum atomic E-state index is 5.60. The molecule has 0 unspecified atom stereocenters. The molecule has 5 heteroatoms. The molecule has 1 saturated carbocycles. The summed E-state index contributed by atoms with van der Waals surface area (Å²) in [6.07, 6.45) is 9.81. The first kappa shape index (κ1) is 27.6. The van der Waals surface area contributed by atoms with Crippen LogP contribution in [0.3, 0.4) is 0 Å². The molecule has 0 atom stereocenters. The molecule has 2 saturated heterocycles. The second kappa shape index (κ2) is 12.5. The van der Waals surface area contributed by atoms with Crippen molar-refractivity contribution in [2.24, 2.45) is 5.41 Å². The van der Waals surface area contributed by atoms with Crippen molar-refractivity contribution in [3.63, 3.8) is 0 Å². The molecule has 39 heavy (non-hydrogen) atoms. The summed E-state index contributed by atoms with van der Waals surface area (Å²) in [5.74, 6) is 7.45. The van der Waals surface area contributed by atoms with Crippen molar-refractivity contribution in [2.75, 3.05) is 50.6 Å². The second-order valence-corrected chi connectivity index (χ2v) is 11.9. The molecule has 1 spiro atoms. The smallest absolute Gasteiger partial charge is 0.142 e. The predicted octanol–water partition coefficient (Wildman–Crippen LogP) is 6.67. The fraction of sp³-hybridized carbons (Fsp3) is 0.529. The molecule has 2 aromatic carbocycles. The zero-order valence-electron chi connectivity index (χ0n) is 24.2. The highest BCUT2D eigenvalue weighted by atomic mass is 16.5. The molecule has 5 nitrogen and oxygen atoms in total. The Morgan fingerprint density at radius 2 is 1.85 bits per heavy atom. The number of rotatable bonds is 7. The van der Waals surface area contributed by atoms with Crippen molar-refractivity contribution in [3.05, 3.63) is 58.7 Å². The average Bonchev–Trinajstić information content (AvgIpc) is 2.93. The standard InChI is InChI=1S/C34H45N3O2/c1-25(7-6-18-35-32-15-10-26(2)22-33(32)38-4)21-30-27(3)8-5-9-31(30)36-28-11-13-29(14-12-28)37-23-34(24-37)16-19-39-20-17-34/h5,8-10,15,21-22,28-29,35-36H,11-14,16-20,23-24H2,1-4H3/b25-21+. The minimum absolute atomic E-state index is 0.536. The van der Waals surface area contributed by atoms with Crippen LogP contribution >= 0.6 is 0 Å². The average molecular weight is 528 g/mol. The molecular weight excluding hydrogens is 482 g/mol. The van der Waals surface area contributed by atoms with Crippen molar-refractivity contribution < 1.29 is 9.47 Å². The molecule has 0 aromatic heterocycles. The van der Waals surface area contributed by atoms with Crippen molar-refractivity contribution in [1.82, 2.24) is 4.90 Å². The minimum Gasteiger partial charge on any atom is -0.495 e. The van der Waals surface area contributed by atoms with Gasteiger partial charge in [-0.15, -0.1) is 0 Å². The molecular formula is C34H45N3O2. The summed E-state index contributed by atoms with van der Waals surface area (Å²) >= 11 is 0. The lowest BCUT2D eigenvalue weighted by molar-refractivity contribution is -0.102. The maximum Gasteiger partial charge on any atom is 0.142 e. The van der Waals surface area contributed by atoms with Crippen molar-refractivity contribution in [2.45, 2.75) is 71.4 Å². The molecule has 2 aliphatic heterocycles. The summed E-state index contributed by atoms with van der Waals surface area (Å²) in [5, 5.41) is 7.28. The van der Waals surface area contributed by atoms with E-state index in [2.05, 4.69) is 78.5 Å². The van der Waals surface area contributed by atoms with E-state index in [1.165, 1.54) is 74.0 Å². The van der Waals surface area contributed by atoms with Crippen molar-refractivity contribution >= 4 is 17.5 Å². The van der Waals surface area contributed by atoms with Crippen molar-refractivity contribution in [3.8, 4) is 17.6 Å². The minimum atomic E-state index is 0.536. The molecule has 5 rings (SSSR count). The van der Waals surface area contributed by atoms with Crippen LogP contribution in [-0.2, 0) is 4.74 Å². The Bertz CT molecular complexity index is 1220. The molecule has 0 radical (unpaired) electrons. The first-order chi connectivity index (χ1) is 18.9. The number of hydrogen-bond acceptors (Lipinski definition) is 5. The van der Waals surface area contributed by atoms with E-state index in [0.717, 1.165) is 36.3 Å². The quantitative estimate of drug-likeness (QED) is 0.394. The van der Waals surface area contributed by atoms with Crippen molar-refractivity contribution in [1.29, 1.82) is 0 Å². The Morgan fingerprint density at radius 3 is 2.59 bits per heavy atom. The van der Waals surface area contributed by atoms with Gasteiger partial charge in [0.2, 0.25) is 0 Å². The number of benzene rings is 2. The van der Waals surface area contributed by atoms with Gasteiger partial charge in [-0.25, -0.2) is 0 Å². The largest absolute Gasteiger partial charge is 0.495 e. The van der Waals surface area contributed by atoms with Crippen LogP contribution in [-0.4, -0.2) is 56.9 Å². The normalized spacial score (nSPS) is 22.9. The van der Waals surface area contributed by atoms with Gasteiger partial charge in [0.05, 0.1) is 19.3 Å². The number of ether oxygens (including phenoxy) is 2. The van der Waals surface area contributed by atoms with Gasteiger partial charge >= 0.3 is 0 Å². The summed E-state index contributed by atoms with van der Waals surface area (Å²) in [5.41, 5.74) is 7.54. The van der Waals surface area contributed by atoms with E-state index in [1.807, 2.05) is 12.1 Å². The van der Waals surface area contributed by atoms with Gasteiger partial charge in [0.25, 0.3) is 0 Å². The van der Waals surface area contributed by atoms with Crippen LogP contribution in [0.2, 0.25) is 0 Å². The third kappa shape index (κ3) is 6.80. The summed E-state index contributed by atoms with van der Waals surface area (Å²) in [7, 11) is 1.70. The second-order valence-electron chi connectivity index (χ2n) is 11.9. The van der Waals surface area contributed by atoms with E-state index in [0.29, 0.717) is 18.0 Å². The lowest BCUT2D eigenvalue weighted by Gasteiger charge is -2.56. The Kier molecular flexibility index (Phi) is 8.85. The lowest BCUT2D eigenvalue weighted by Crippen LogP contribution is -2.62. The van der Waals surface area contributed by atoms with Gasteiger partial charge in [0.15, 0.2) is 0 Å². The number of methoxy groups -OCH3 is 1. The van der Waals surface area contributed by atoms with Gasteiger partial charge in [-0.1, -0.05) is 30.0 Å². The van der Waals surface area contributed by atoms with Crippen LogP contribution < -0.4 is 15.4 Å². The van der Waals surface area contributed by atoms with Gasteiger partial charge < -0.3 is 20.1 Å². The van der Waals surface area contributed by atoms with Gasteiger partial charge in [0, 0.05) is 55.1 Å². The maximum absolute atomic E-state index is 5.60. The molecule has 3 fully saturated rings. The van der Waals surface area contributed by atoms with Crippen LogP contribution in [0.4, 0.5) is 11.4 Å². The van der Waals surface area contributed by atoms with Crippen LogP contribution in [0.1, 0.15) is 62.1 Å². The molecule has 2 N–H and O–H groups in total. The fourth-order valence-corrected chi connectivity index (χ4v) is 6.52. The number of allylic oxidation sites excluding steroid dienone is 1. The fourth-order valence-electron chi connectivity index (χ4n) is 6.52. The Labute approximate surface area is 235 Å². The number of hydrogen-bond donors (Lipinski definition) is 2. The SMILES string of the molecule is COc1cc(C)ccc1NCC#C/C(C)=C/c1c(C)cccc1NC1CCC(N2CC3(CCOCC3)C2)CC1. The van der Waals surface area contributed by atoms with E-state index in [9.17, 15) is 0 Å². The molecule has 208 valence electrons. The van der Waals surface area contributed by atoms with Crippen LogP contribution in [0.25, 0.3) is 6.08 Å². The number of anilines is 2. The van der Waals surface area contributed by atoms with E-state index >= 15 is 0 Å². The molecule has 0 bridgehead atoms. The Balaban J connectivity index is 1.15. The zero-order valence-corrected chi connectivity index (χ0v) is 24.2. The molecule has 0 amide bonds. The van der Waals surface area contributed by atoms with Crippen LogP contribution in [0.5, 0.6) is 5.75 Å². The molecule has 3 aliphatic rings. The van der Waals surface area contributed by atoms with Crippen LogP contribution in [0.15, 0.2) is 42.0 Å². The first-order valence-corrected chi connectivity index (χ1v) is 14.7. The first-order valence-electron chi connectivity index (χ1n) is 14.7. The number of aryl methyl sites for hydroxylation is 2. The number of nitrogens with zero attached hydrogens (tertiary/aromatic N) is 1. The Morgan fingerprint density at radius 1 is 1.08 bits per heavy atom. The molecule has 2 heterocycles. The highest BCUT2D eigenvalue weighted by molar-refractivity contribution is 5.72. The molecule has 1 aliphatic carbocycles. The van der Waals surface area contributed by atoms with Gasteiger partial charge in [-0.3, -0.25) is 4.90 Å².